The van der Waals surface area contributed by atoms with Gasteiger partial charge in [0.25, 0.3) is 0 Å². The molecule has 132 valence electrons. The van der Waals surface area contributed by atoms with Crippen molar-refractivity contribution in [3.63, 3.8) is 0 Å². The van der Waals surface area contributed by atoms with E-state index in [1.54, 1.807) is 6.92 Å². The van der Waals surface area contributed by atoms with Gasteiger partial charge in [-0.1, -0.05) is 50.6 Å². The molecule has 0 bridgehead atoms. The molecule has 1 aromatic rings. The minimum Gasteiger partial charge on any atom is -0.480 e. The zero-order valence-electron chi connectivity index (χ0n) is 14.1. The van der Waals surface area contributed by atoms with Crippen LogP contribution < -0.4 is 10.6 Å². The monoisotopic (exact) mass is 336 g/mol. The fraction of sp³-hybridized carbons (Fsp3) is 0.471. The van der Waals surface area contributed by atoms with Gasteiger partial charge in [-0.2, -0.15) is 0 Å². The van der Waals surface area contributed by atoms with E-state index >= 15 is 0 Å². The normalized spacial score (nSPS) is 14.1. The first kappa shape index (κ1) is 19.5. The van der Waals surface area contributed by atoms with Crippen LogP contribution in [0.1, 0.15) is 32.8 Å². The fourth-order valence-electron chi connectivity index (χ4n) is 1.97. The average molecular weight is 336 g/mol. The fourth-order valence-corrected chi connectivity index (χ4v) is 1.97. The first-order valence-corrected chi connectivity index (χ1v) is 7.85. The zero-order chi connectivity index (χ0) is 18.1. The number of carbonyl (C=O) groups is 3. The van der Waals surface area contributed by atoms with E-state index in [1.165, 1.54) is 6.92 Å². The number of amides is 2. The van der Waals surface area contributed by atoms with Gasteiger partial charge in [0.05, 0.1) is 0 Å². The molecule has 0 aliphatic heterocycles. The maximum absolute atomic E-state index is 12.0. The first-order chi connectivity index (χ1) is 11.3. The van der Waals surface area contributed by atoms with Crippen molar-refractivity contribution in [2.24, 2.45) is 5.92 Å². The molecule has 0 spiro atoms. The molecule has 0 radical (unpaired) electrons. The lowest BCUT2D eigenvalue weighted by molar-refractivity contribution is -0.143. The lowest BCUT2D eigenvalue weighted by Gasteiger charge is -2.22. The van der Waals surface area contributed by atoms with E-state index in [-0.39, 0.29) is 12.5 Å². The molecule has 0 unspecified atom stereocenters. The smallest absolute Gasteiger partial charge is 0.408 e. The van der Waals surface area contributed by atoms with Gasteiger partial charge in [0.2, 0.25) is 5.91 Å². The molecule has 0 heterocycles. The van der Waals surface area contributed by atoms with E-state index < -0.39 is 30.1 Å². The van der Waals surface area contributed by atoms with Gasteiger partial charge in [-0.25, -0.2) is 9.59 Å². The Bertz CT molecular complexity index is 561. The Balaban J connectivity index is 2.47. The Morgan fingerprint density at radius 3 is 2.29 bits per heavy atom. The van der Waals surface area contributed by atoms with Crippen LogP contribution >= 0.6 is 0 Å². The average Bonchev–Trinajstić information content (AvgIpc) is 2.57. The summed E-state index contributed by atoms with van der Waals surface area (Å²) in [6, 6.07) is 7.24. The van der Waals surface area contributed by atoms with E-state index in [0.717, 1.165) is 5.56 Å². The maximum Gasteiger partial charge on any atom is 0.408 e. The predicted octanol–water partition coefficient (Wildman–Crippen LogP) is 1.92. The number of hydrogen-bond donors (Lipinski definition) is 3. The summed E-state index contributed by atoms with van der Waals surface area (Å²) in [5.74, 6) is -1.89. The van der Waals surface area contributed by atoms with Crippen LogP contribution in [0.3, 0.4) is 0 Å². The van der Waals surface area contributed by atoms with Crippen molar-refractivity contribution in [1.29, 1.82) is 0 Å². The Labute approximate surface area is 141 Å². The number of benzene rings is 1. The van der Waals surface area contributed by atoms with Crippen LogP contribution in [0.25, 0.3) is 0 Å². The van der Waals surface area contributed by atoms with Gasteiger partial charge in [-0.3, -0.25) is 4.79 Å². The molecule has 0 saturated carbocycles. The summed E-state index contributed by atoms with van der Waals surface area (Å²) in [4.78, 5) is 35.0. The number of hydrogen-bond acceptors (Lipinski definition) is 4. The van der Waals surface area contributed by atoms with Crippen molar-refractivity contribution in [2.75, 3.05) is 0 Å². The third-order valence-electron chi connectivity index (χ3n) is 3.72. The van der Waals surface area contributed by atoms with E-state index in [2.05, 4.69) is 10.6 Å². The molecular formula is C17H24N2O5. The second-order valence-corrected chi connectivity index (χ2v) is 5.64. The third kappa shape index (κ3) is 6.28. The number of aliphatic carboxylic acids is 1. The molecule has 7 nitrogen and oxygen atoms in total. The molecule has 3 N–H and O–H groups in total. The summed E-state index contributed by atoms with van der Waals surface area (Å²) in [6.45, 7) is 5.14. The minimum absolute atomic E-state index is 0.0889. The Hall–Kier alpha value is -2.57. The van der Waals surface area contributed by atoms with Crippen molar-refractivity contribution < 1.29 is 24.2 Å². The van der Waals surface area contributed by atoms with Crippen molar-refractivity contribution >= 4 is 18.0 Å². The summed E-state index contributed by atoms with van der Waals surface area (Å²) in [7, 11) is 0. The van der Waals surface area contributed by atoms with E-state index in [1.807, 2.05) is 37.3 Å². The standard InChI is InChI=1S/C17H24N2O5/c1-4-11(2)14(16(21)22)19-15(20)12(3)18-17(23)24-10-13-8-6-5-7-9-13/h5-9,11-12,14H,4,10H2,1-3H3,(H,18,23)(H,19,20)(H,21,22)/t11-,12+,14+/m0/s1. The molecule has 0 saturated heterocycles. The van der Waals surface area contributed by atoms with Crippen LogP contribution in [0.15, 0.2) is 30.3 Å². The highest BCUT2D eigenvalue weighted by Crippen LogP contribution is 2.08. The second kappa shape index (κ2) is 9.54. The quantitative estimate of drug-likeness (QED) is 0.673. The molecule has 2 amide bonds. The molecule has 0 aliphatic carbocycles. The van der Waals surface area contributed by atoms with Gasteiger partial charge >= 0.3 is 12.1 Å². The molecule has 7 heteroatoms. The van der Waals surface area contributed by atoms with Crippen molar-refractivity contribution in [3.8, 4) is 0 Å². The van der Waals surface area contributed by atoms with E-state index in [4.69, 9.17) is 4.74 Å². The number of alkyl carbamates (subject to hydrolysis) is 1. The largest absolute Gasteiger partial charge is 0.480 e. The van der Waals surface area contributed by atoms with E-state index in [0.29, 0.717) is 6.42 Å². The van der Waals surface area contributed by atoms with E-state index in [9.17, 15) is 19.5 Å². The summed E-state index contributed by atoms with van der Waals surface area (Å²) in [5, 5.41) is 14.0. The van der Waals surface area contributed by atoms with Crippen LogP contribution in [0.4, 0.5) is 4.79 Å². The van der Waals surface area contributed by atoms with Gasteiger partial charge in [0, 0.05) is 0 Å². The number of rotatable bonds is 8. The van der Waals surface area contributed by atoms with Crippen LogP contribution in [0, 0.1) is 5.92 Å². The Morgan fingerprint density at radius 2 is 1.75 bits per heavy atom. The molecule has 3 atom stereocenters. The maximum atomic E-state index is 12.0. The molecular weight excluding hydrogens is 312 g/mol. The van der Waals surface area contributed by atoms with Crippen LogP contribution in [0.2, 0.25) is 0 Å². The summed E-state index contributed by atoms with van der Waals surface area (Å²) >= 11 is 0. The van der Waals surface area contributed by atoms with Crippen LogP contribution in [-0.2, 0) is 20.9 Å². The number of carboxylic acid groups (broad SMARTS) is 1. The highest BCUT2D eigenvalue weighted by molar-refractivity contribution is 5.89. The van der Waals surface area contributed by atoms with Gasteiger partial charge in [-0.15, -0.1) is 0 Å². The summed E-state index contributed by atoms with van der Waals surface area (Å²) in [6.07, 6.45) is -0.130. The van der Waals surface area contributed by atoms with Crippen molar-refractivity contribution in [3.05, 3.63) is 35.9 Å². The van der Waals surface area contributed by atoms with Gasteiger partial charge in [0.1, 0.15) is 18.7 Å². The molecule has 0 aromatic heterocycles. The highest BCUT2D eigenvalue weighted by atomic mass is 16.5. The van der Waals surface area contributed by atoms with Crippen LogP contribution in [-0.4, -0.2) is 35.2 Å². The summed E-state index contributed by atoms with van der Waals surface area (Å²) in [5.41, 5.74) is 0.826. The second-order valence-electron chi connectivity index (χ2n) is 5.64. The minimum atomic E-state index is -1.10. The van der Waals surface area contributed by atoms with Gasteiger partial charge in [-0.05, 0) is 18.4 Å². The predicted molar refractivity (Wildman–Crippen MR) is 88.2 cm³/mol. The first-order valence-electron chi connectivity index (χ1n) is 7.85. The topological polar surface area (TPSA) is 105 Å². The third-order valence-corrected chi connectivity index (χ3v) is 3.72. The molecule has 0 fully saturated rings. The lowest BCUT2D eigenvalue weighted by atomic mass is 9.99. The van der Waals surface area contributed by atoms with Crippen molar-refractivity contribution in [1.82, 2.24) is 10.6 Å². The van der Waals surface area contributed by atoms with Gasteiger partial charge < -0.3 is 20.5 Å². The molecule has 1 rings (SSSR count). The SMILES string of the molecule is CC[C@H](C)[C@@H](NC(=O)[C@@H](C)NC(=O)OCc1ccccc1)C(=O)O. The molecule has 0 aliphatic rings. The molecule has 1 aromatic carbocycles. The number of carbonyl (C=O) groups excluding carboxylic acids is 2. The number of ether oxygens (including phenoxy) is 1. The number of nitrogens with one attached hydrogen (secondary N) is 2. The zero-order valence-corrected chi connectivity index (χ0v) is 14.1. The number of carboxylic acids is 1. The molecule has 24 heavy (non-hydrogen) atoms. The Morgan fingerprint density at radius 1 is 1.12 bits per heavy atom. The Kier molecular flexibility index (Phi) is 7.74. The summed E-state index contributed by atoms with van der Waals surface area (Å²) < 4.78 is 5.02. The highest BCUT2D eigenvalue weighted by Gasteiger charge is 2.27. The van der Waals surface area contributed by atoms with Crippen molar-refractivity contribution in [2.45, 2.75) is 45.9 Å². The van der Waals surface area contributed by atoms with Gasteiger partial charge in [0.15, 0.2) is 0 Å². The van der Waals surface area contributed by atoms with Crippen LogP contribution in [0.5, 0.6) is 0 Å². The lowest BCUT2D eigenvalue weighted by Crippen LogP contribution is -2.52.